The number of benzene rings is 3. The monoisotopic (exact) mass is 458 g/mol. The largest absolute Gasteiger partial charge is 0.483 e. The maximum atomic E-state index is 13.5. The molecule has 1 atom stereocenters. The van der Waals surface area contributed by atoms with Gasteiger partial charge in [0.25, 0.3) is 5.91 Å². The summed E-state index contributed by atoms with van der Waals surface area (Å²) >= 11 is 0. The van der Waals surface area contributed by atoms with Crippen LogP contribution in [-0.4, -0.2) is 35.9 Å². The van der Waals surface area contributed by atoms with E-state index in [1.54, 1.807) is 4.90 Å². The molecule has 0 aliphatic carbocycles. The first-order valence-electron chi connectivity index (χ1n) is 11.8. The van der Waals surface area contributed by atoms with Crippen LogP contribution in [0, 0.1) is 13.8 Å². The Bertz CT molecular complexity index is 1070. The summed E-state index contributed by atoms with van der Waals surface area (Å²) in [7, 11) is 0. The molecule has 0 aliphatic rings. The molecule has 3 aromatic carbocycles. The Labute approximate surface area is 202 Å². The third-order valence-electron chi connectivity index (χ3n) is 5.70. The van der Waals surface area contributed by atoms with Gasteiger partial charge in [-0.15, -0.1) is 0 Å². The third-order valence-corrected chi connectivity index (χ3v) is 5.70. The highest BCUT2D eigenvalue weighted by Crippen LogP contribution is 2.20. The summed E-state index contributed by atoms with van der Waals surface area (Å²) in [5.41, 5.74) is 4.07. The van der Waals surface area contributed by atoms with E-state index in [4.69, 9.17) is 4.74 Å². The average molecular weight is 459 g/mol. The van der Waals surface area contributed by atoms with Crippen molar-refractivity contribution in [1.29, 1.82) is 0 Å². The van der Waals surface area contributed by atoms with Crippen LogP contribution in [0.3, 0.4) is 0 Å². The Morgan fingerprint density at radius 2 is 1.56 bits per heavy atom. The van der Waals surface area contributed by atoms with Crippen LogP contribution in [0.15, 0.2) is 78.9 Å². The average Bonchev–Trinajstić information content (AvgIpc) is 2.85. The molecule has 5 heteroatoms. The molecule has 178 valence electrons. The SMILES string of the molecule is CCCNC(=O)[C@@H](Cc1ccccc1)N(Cc1ccccc1)C(=O)COc1ccc(C)cc1C. The second-order valence-electron chi connectivity index (χ2n) is 8.56. The molecule has 0 spiro atoms. The molecule has 0 saturated carbocycles. The van der Waals surface area contributed by atoms with Crippen molar-refractivity contribution in [2.45, 2.75) is 46.2 Å². The molecule has 0 aromatic heterocycles. The van der Waals surface area contributed by atoms with E-state index < -0.39 is 6.04 Å². The Morgan fingerprint density at radius 3 is 2.18 bits per heavy atom. The van der Waals surface area contributed by atoms with Crippen molar-refractivity contribution >= 4 is 11.8 Å². The van der Waals surface area contributed by atoms with Crippen LogP contribution in [0.1, 0.15) is 35.6 Å². The molecule has 0 unspecified atom stereocenters. The fourth-order valence-corrected chi connectivity index (χ4v) is 3.88. The second kappa shape index (κ2) is 12.6. The van der Waals surface area contributed by atoms with Gasteiger partial charge in [-0.25, -0.2) is 0 Å². The highest BCUT2D eigenvalue weighted by molar-refractivity contribution is 5.88. The zero-order chi connectivity index (χ0) is 24.3. The maximum Gasteiger partial charge on any atom is 0.261 e. The van der Waals surface area contributed by atoms with E-state index in [2.05, 4.69) is 5.32 Å². The standard InChI is InChI=1S/C29H34N2O3/c1-4-17-30-29(33)26(19-24-11-7-5-8-12-24)31(20-25-13-9-6-10-14-25)28(32)21-34-27-16-15-22(2)18-23(27)3/h5-16,18,26H,4,17,19-21H2,1-3H3,(H,30,33)/t26-/m1/s1. The summed E-state index contributed by atoms with van der Waals surface area (Å²) in [5.74, 6) is 0.298. The number of carbonyl (C=O) groups excluding carboxylic acids is 2. The van der Waals surface area contributed by atoms with Crippen LogP contribution in [0.4, 0.5) is 0 Å². The lowest BCUT2D eigenvalue weighted by Crippen LogP contribution is -2.51. The number of nitrogens with one attached hydrogen (secondary N) is 1. The molecule has 0 aliphatic heterocycles. The fourth-order valence-electron chi connectivity index (χ4n) is 3.88. The molecule has 0 saturated heterocycles. The van der Waals surface area contributed by atoms with E-state index in [0.29, 0.717) is 25.3 Å². The number of aryl methyl sites for hydroxylation is 2. The van der Waals surface area contributed by atoms with Crippen LogP contribution in [0.5, 0.6) is 5.75 Å². The third kappa shape index (κ3) is 7.20. The molecule has 3 rings (SSSR count). The van der Waals surface area contributed by atoms with Crippen molar-refractivity contribution in [3.8, 4) is 5.75 Å². The zero-order valence-corrected chi connectivity index (χ0v) is 20.3. The van der Waals surface area contributed by atoms with E-state index in [-0.39, 0.29) is 18.4 Å². The van der Waals surface area contributed by atoms with Gasteiger partial charge in [0, 0.05) is 19.5 Å². The summed E-state index contributed by atoms with van der Waals surface area (Å²) in [6.07, 6.45) is 1.25. The number of hydrogen-bond acceptors (Lipinski definition) is 3. The van der Waals surface area contributed by atoms with E-state index >= 15 is 0 Å². The quantitative estimate of drug-likeness (QED) is 0.447. The van der Waals surface area contributed by atoms with Gasteiger partial charge < -0.3 is 15.0 Å². The summed E-state index contributed by atoms with van der Waals surface area (Å²) in [5, 5.41) is 2.99. The van der Waals surface area contributed by atoms with Crippen molar-refractivity contribution in [1.82, 2.24) is 10.2 Å². The first-order chi connectivity index (χ1) is 16.5. The van der Waals surface area contributed by atoms with Crippen LogP contribution >= 0.6 is 0 Å². The van der Waals surface area contributed by atoms with Gasteiger partial charge >= 0.3 is 0 Å². The van der Waals surface area contributed by atoms with Crippen molar-refractivity contribution in [3.63, 3.8) is 0 Å². The lowest BCUT2D eigenvalue weighted by molar-refractivity contribution is -0.142. The van der Waals surface area contributed by atoms with Gasteiger partial charge in [0.15, 0.2) is 6.61 Å². The van der Waals surface area contributed by atoms with Crippen LogP contribution in [0.2, 0.25) is 0 Å². The Kier molecular flexibility index (Phi) is 9.27. The maximum absolute atomic E-state index is 13.5. The lowest BCUT2D eigenvalue weighted by atomic mass is 10.0. The molecule has 5 nitrogen and oxygen atoms in total. The summed E-state index contributed by atoms with van der Waals surface area (Å²) in [6.45, 7) is 6.75. The predicted octanol–water partition coefficient (Wildman–Crippen LogP) is 4.85. The van der Waals surface area contributed by atoms with E-state index in [9.17, 15) is 9.59 Å². The predicted molar refractivity (Wildman–Crippen MR) is 136 cm³/mol. The zero-order valence-electron chi connectivity index (χ0n) is 20.3. The smallest absolute Gasteiger partial charge is 0.261 e. The minimum absolute atomic E-state index is 0.136. The summed E-state index contributed by atoms with van der Waals surface area (Å²) in [6, 6.07) is 24.8. The molecule has 0 radical (unpaired) electrons. The Morgan fingerprint density at radius 1 is 0.912 bits per heavy atom. The first kappa shape index (κ1) is 25.0. The Balaban J connectivity index is 1.87. The van der Waals surface area contributed by atoms with Gasteiger partial charge in [0.1, 0.15) is 11.8 Å². The highest BCUT2D eigenvalue weighted by Gasteiger charge is 2.30. The van der Waals surface area contributed by atoms with E-state index in [1.807, 2.05) is 99.6 Å². The fraction of sp³-hybridized carbons (Fsp3) is 0.310. The molecular weight excluding hydrogens is 424 g/mol. The summed E-state index contributed by atoms with van der Waals surface area (Å²) in [4.78, 5) is 28.4. The number of amides is 2. The van der Waals surface area contributed by atoms with Crippen molar-refractivity contribution in [2.24, 2.45) is 0 Å². The van der Waals surface area contributed by atoms with Gasteiger partial charge in [-0.3, -0.25) is 9.59 Å². The topological polar surface area (TPSA) is 58.6 Å². The number of carbonyl (C=O) groups is 2. The van der Waals surface area contributed by atoms with Crippen molar-refractivity contribution in [3.05, 3.63) is 101 Å². The van der Waals surface area contributed by atoms with Gasteiger partial charge in [-0.05, 0) is 43.0 Å². The van der Waals surface area contributed by atoms with Gasteiger partial charge in [-0.1, -0.05) is 85.3 Å². The van der Waals surface area contributed by atoms with Gasteiger partial charge in [0.05, 0.1) is 0 Å². The van der Waals surface area contributed by atoms with Gasteiger partial charge in [-0.2, -0.15) is 0 Å². The number of hydrogen-bond donors (Lipinski definition) is 1. The number of rotatable bonds is 11. The molecule has 0 fully saturated rings. The van der Waals surface area contributed by atoms with Crippen LogP contribution < -0.4 is 10.1 Å². The van der Waals surface area contributed by atoms with Crippen molar-refractivity contribution in [2.75, 3.05) is 13.2 Å². The molecule has 3 aromatic rings. The lowest BCUT2D eigenvalue weighted by Gasteiger charge is -2.31. The molecular formula is C29H34N2O3. The highest BCUT2D eigenvalue weighted by atomic mass is 16.5. The Hall–Kier alpha value is -3.60. The molecule has 0 heterocycles. The van der Waals surface area contributed by atoms with Crippen LogP contribution in [-0.2, 0) is 22.6 Å². The normalized spacial score (nSPS) is 11.5. The molecule has 2 amide bonds. The van der Waals surface area contributed by atoms with Crippen molar-refractivity contribution < 1.29 is 14.3 Å². The summed E-state index contributed by atoms with van der Waals surface area (Å²) < 4.78 is 5.91. The number of ether oxygens (including phenoxy) is 1. The van der Waals surface area contributed by atoms with E-state index in [0.717, 1.165) is 28.7 Å². The molecule has 1 N–H and O–H groups in total. The molecule has 0 bridgehead atoms. The second-order valence-corrected chi connectivity index (χ2v) is 8.56. The van der Waals surface area contributed by atoms with E-state index in [1.165, 1.54) is 0 Å². The minimum atomic E-state index is -0.649. The minimum Gasteiger partial charge on any atom is -0.483 e. The molecule has 34 heavy (non-hydrogen) atoms. The van der Waals surface area contributed by atoms with Crippen LogP contribution in [0.25, 0.3) is 0 Å². The number of nitrogens with zero attached hydrogens (tertiary/aromatic N) is 1. The van der Waals surface area contributed by atoms with Gasteiger partial charge in [0.2, 0.25) is 5.91 Å². The first-order valence-corrected chi connectivity index (χ1v) is 11.8.